The SMILES string of the molecule is C#CC(NC(=O)NC1CC1)C(C)C. The Balaban J connectivity index is 2.28. The zero-order valence-corrected chi connectivity index (χ0v) is 8.13. The Kier molecular flexibility index (Phi) is 3.18. The lowest BCUT2D eigenvalue weighted by molar-refractivity contribution is 0.236. The van der Waals surface area contributed by atoms with Crippen molar-refractivity contribution >= 4 is 6.03 Å². The summed E-state index contributed by atoms with van der Waals surface area (Å²) in [5.41, 5.74) is 0. The molecular weight excluding hydrogens is 164 g/mol. The third kappa shape index (κ3) is 3.37. The predicted molar refractivity (Wildman–Crippen MR) is 52.1 cm³/mol. The van der Waals surface area contributed by atoms with Crippen LogP contribution in [0.4, 0.5) is 4.79 Å². The summed E-state index contributed by atoms with van der Waals surface area (Å²) >= 11 is 0. The van der Waals surface area contributed by atoms with Crippen LogP contribution in [-0.4, -0.2) is 18.1 Å². The first-order valence-electron chi connectivity index (χ1n) is 4.66. The normalized spacial score (nSPS) is 17.7. The molecule has 1 fully saturated rings. The molecule has 1 aliphatic rings. The Morgan fingerprint density at radius 3 is 2.54 bits per heavy atom. The van der Waals surface area contributed by atoms with E-state index in [1.165, 1.54) is 0 Å². The number of nitrogens with one attached hydrogen (secondary N) is 2. The summed E-state index contributed by atoms with van der Waals surface area (Å²) in [6, 6.07) is 0.0727. The standard InChI is InChI=1S/C10H16N2O/c1-4-9(7(2)3)12-10(13)11-8-5-6-8/h1,7-9H,5-6H2,2-3H3,(H2,11,12,13). The van der Waals surface area contributed by atoms with Crippen molar-refractivity contribution in [3.8, 4) is 12.3 Å². The number of carbonyl (C=O) groups is 1. The predicted octanol–water partition coefficient (Wildman–Crippen LogP) is 1.11. The number of rotatable bonds is 3. The number of amides is 2. The third-order valence-corrected chi connectivity index (χ3v) is 2.05. The van der Waals surface area contributed by atoms with Crippen molar-refractivity contribution < 1.29 is 4.79 Å². The Morgan fingerprint density at radius 2 is 2.15 bits per heavy atom. The summed E-state index contributed by atoms with van der Waals surface area (Å²) in [6.07, 6.45) is 7.46. The Hall–Kier alpha value is -1.17. The molecule has 2 N–H and O–H groups in total. The molecule has 3 heteroatoms. The maximum Gasteiger partial charge on any atom is 0.315 e. The second-order valence-corrected chi connectivity index (χ2v) is 3.78. The molecule has 0 aromatic heterocycles. The maximum absolute atomic E-state index is 11.2. The molecule has 0 aliphatic heterocycles. The summed E-state index contributed by atoms with van der Waals surface area (Å²) in [6.45, 7) is 3.98. The van der Waals surface area contributed by atoms with Crippen LogP contribution in [0.25, 0.3) is 0 Å². The first-order chi connectivity index (χ1) is 6.13. The molecule has 1 unspecified atom stereocenters. The van der Waals surface area contributed by atoms with Gasteiger partial charge in [0.25, 0.3) is 0 Å². The van der Waals surface area contributed by atoms with E-state index in [4.69, 9.17) is 6.42 Å². The number of urea groups is 1. The zero-order valence-electron chi connectivity index (χ0n) is 8.13. The van der Waals surface area contributed by atoms with Crippen LogP contribution in [0.3, 0.4) is 0 Å². The fourth-order valence-electron chi connectivity index (χ4n) is 0.997. The number of hydrogen-bond donors (Lipinski definition) is 2. The molecule has 3 nitrogen and oxygen atoms in total. The Labute approximate surface area is 79.3 Å². The van der Waals surface area contributed by atoms with Gasteiger partial charge in [-0.1, -0.05) is 19.8 Å². The average molecular weight is 180 g/mol. The van der Waals surface area contributed by atoms with Crippen molar-refractivity contribution in [2.45, 2.75) is 38.8 Å². The van der Waals surface area contributed by atoms with Crippen LogP contribution < -0.4 is 10.6 Å². The minimum atomic E-state index is -0.168. The lowest BCUT2D eigenvalue weighted by Crippen LogP contribution is -2.44. The average Bonchev–Trinajstić information content (AvgIpc) is 2.83. The van der Waals surface area contributed by atoms with Crippen molar-refractivity contribution in [3.05, 3.63) is 0 Å². The van der Waals surface area contributed by atoms with Crippen LogP contribution in [0.2, 0.25) is 0 Å². The molecular formula is C10H16N2O. The largest absolute Gasteiger partial charge is 0.335 e. The van der Waals surface area contributed by atoms with Crippen molar-refractivity contribution in [2.75, 3.05) is 0 Å². The summed E-state index contributed by atoms with van der Waals surface area (Å²) in [7, 11) is 0. The smallest absolute Gasteiger partial charge is 0.315 e. The van der Waals surface area contributed by atoms with Gasteiger partial charge in [-0.25, -0.2) is 4.79 Å². The van der Waals surface area contributed by atoms with Gasteiger partial charge in [-0.2, -0.15) is 0 Å². The molecule has 1 saturated carbocycles. The second-order valence-electron chi connectivity index (χ2n) is 3.78. The van der Waals surface area contributed by atoms with Gasteiger partial charge >= 0.3 is 6.03 Å². The number of hydrogen-bond acceptors (Lipinski definition) is 1. The molecule has 0 aromatic carbocycles. The van der Waals surface area contributed by atoms with Gasteiger partial charge in [0.05, 0.1) is 6.04 Å². The zero-order chi connectivity index (χ0) is 9.84. The van der Waals surface area contributed by atoms with E-state index in [0.29, 0.717) is 6.04 Å². The minimum absolute atomic E-state index is 0.140. The summed E-state index contributed by atoms with van der Waals surface area (Å²) in [4.78, 5) is 11.2. The Bertz CT molecular complexity index is 226. The van der Waals surface area contributed by atoms with Gasteiger partial charge < -0.3 is 10.6 Å². The highest BCUT2D eigenvalue weighted by Crippen LogP contribution is 2.18. The molecule has 13 heavy (non-hydrogen) atoms. The number of terminal acetylenes is 1. The summed E-state index contributed by atoms with van der Waals surface area (Å²) in [5, 5.41) is 5.58. The summed E-state index contributed by atoms with van der Waals surface area (Å²) < 4.78 is 0. The molecule has 1 rings (SSSR count). The van der Waals surface area contributed by atoms with Crippen LogP contribution in [0.15, 0.2) is 0 Å². The van der Waals surface area contributed by atoms with Crippen LogP contribution in [0, 0.1) is 18.3 Å². The van der Waals surface area contributed by atoms with Gasteiger partial charge in [0.15, 0.2) is 0 Å². The quantitative estimate of drug-likeness (QED) is 0.627. The van der Waals surface area contributed by atoms with Crippen LogP contribution >= 0.6 is 0 Å². The van der Waals surface area contributed by atoms with Crippen molar-refractivity contribution in [2.24, 2.45) is 5.92 Å². The second kappa shape index (κ2) is 4.18. The van der Waals surface area contributed by atoms with Crippen LogP contribution in [0.1, 0.15) is 26.7 Å². The summed E-state index contributed by atoms with van der Waals surface area (Å²) in [5.74, 6) is 2.83. The van der Waals surface area contributed by atoms with E-state index >= 15 is 0 Å². The molecule has 1 aliphatic carbocycles. The van der Waals surface area contributed by atoms with Crippen LogP contribution in [0.5, 0.6) is 0 Å². The van der Waals surface area contributed by atoms with Crippen LogP contribution in [-0.2, 0) is 0 Å². The van der Waals surface area contributed by atoms with Gasteiger partial charge in [0, 0.05) is 6.04 Å². The molecule has 72 valence electrons. The topological polar surface area (TPSA) is 41.1 Å². The van der Waals surface area contributed by atoms with Crippen molar-refractivity contribution in [1.29, 1.82) is 0 Å². The van der Waals surface area contributed by atoms with Gasteiger partial charge in [-0.05, 0) is 18.8 Å². The Morgan fingerprint density at radius 1 is 1.54 bits per heavy atom. The minimum Gasteiger partial charge on any atom is -0.335 e. The lowest BCUT2D eigenvalue weighted by atomic mass is 10.1. The first kappa shape index (κ1) is 9.91. The highest BCUT2D eigenvalue weighted by Gasteiger charge is 2.24. The fourth-order valence-corrected chi connectivity index (χ4v) is 0.997. The van der Waals surface area contributed by atoms with E-state index in [9.17, 15) is 4.79 Å². The van der Waals surface area contributed by atoms with Gasteiger partial charge in [-0.15, -0.1) is 6.42 Å². The molecule has 1 atom stereocenters. The maximum atomic E-state index is 11.2. The van der Waals surface area contributed by atoms with E-state index in [2.05, 4.69) is 16.6 Å². The van der Waals surface area contributed by atoms with E-state index < -0.39 is 0 Å². The van der Waals surface area contributed by atoms with Crippen molar-refractivity contribution in [1.82, 2.24) is 10.6 Å². The molecule has 0 saturated heterocycles. The molecule has 0 heterocycles. The van der Waals surface area contributed by atoms with E-state index in [0.717, 1.165) is 12.8 Å². The molecule has 0 spiro atoms. The molecule has 2 amide bonds. The monoisotopic (exact) mass is 180 g/mol. The molecule has 0 bridgehead atoms. The lowest BCUT2D eigenvalue weighted by Gasteiger charge is -2.16. The van der Waals surface area contributed by atoms with Gasteiger partial charge in [0.2, 0.25) is 0 Å². The van der Waals surface area contributed by atoms with E-state index in [-0.39, 0.29) is 18.0 Å². The van der Waals surface area contributed by atoms with Crippen molar-refractivity contribution in [3.63, 3.8) is 0 Å². The first-order valence-corrected chi connectivity index (χ1v) is 4.66. The highest BCUT2D eigenvalue weighted by atomic mass is 16.2. The number of carbonyl (C=O) groups excluding carboxylic acids is 1. The van der Waals surface area contributed by atoms with Gasteiger partial charge in [-0.3, -0.25) is 0 Å². The third-order valence-electron chi connectivity index (χ3n) is 2.05. The molecule has 0 aromatic rings. The highest BCUT2D eigenvalue weighted by molar-refractivity contribution is 5.75. The fraction of sp³-hybridized carbons (Fsp3) is 0.700. The molecule has 0 radical (unpaired) electrons. The van der Waals surface area contributed by atoms with E-state index in [1.807, 2.05) is 13.8 Å². The van der Waals surface area contributed by atoms with Gasteiger partial charge in [0.1, 0.15) is 0 Å². The van der Waals surface area contributed by atoms with E-state index in [1.54, 1.807) is 0 Å².